The number of hydrogen-bond acceptors (Lipinski definition) is 4. The number of nitrogens with two attached hydrogens (primary N) is 1. The topological polar surface area (TPSA) is 80.7 Å². The van der Waals surface area contributed by atoms with Gasteiger partial charge in [0.25, 0.3) is 11.5 Å². The van der Waals surface area contributed by atoms with Crippen LogP contribution in [-0.2, 0) is 12.8 Å². The molecule has 1 atom stereocenters. The summed E-state index contributed by atoms with van der Waals surface area (Å²) in [6.45, 7) is 5.09. The van der Waals surface area contributed by atoms with Gasteiger partial charge in [-0.1, -0.05) is 62.4 Å². The van der Waals surface area contributed by atoms with Crippen molar-refractivity contribution in [2.75, 3.05) is 13.1 Å². The molecule has 0 fully saturated rings. The zero-order chi connectivity index (χ0) is 25.5. The first-order valence-electron chi connectivity index (χ1n) is 12.7. The van der Waals surface area contributed by atoms with E-state index in [9.17, 15) is 9.59 Å². The lowest BCUT2D eigenvalue weighted by Gasteiger charge is -2.32. The van der Waals surface area contributed by atoms with Gasteiger partial charge in [0.05, 0.1) is 11.7 Å². The highest BCUT2D eigenvalue weighted by Crippen LogP contribution is 2.28. The van der Waals surface area contributed by atoms with E-state index in [2.05, 4.69) is 6.92 Å². The van der Waals surface area contributed by atoms with E-state index in [-0.39, 0.29) is 17.5 Å². The smallest absolute Gasteiger partial charge is 0.261 e. The lowest BCUT2D eigenvalue weighted by molar-refractivity contribution is 0.0664. The van der Waals surface area contributed by atoms with Crippen LogP contribution in [0.3, 0.4) is 0 Å². The predicted octanol–water partition coefficient (Wildman–Crippen LogP) is 4.79. The van der Waals surface area contributed by atoms with Crippen molar-refractivity contribution in [3.8, 4) is 0 Å². The van der Waals surface area contributed by atoms with Crippen molar-refractivity contribution in [2.24, 2.45) is 5.73 Å². The average Bonchev–Trinajstić information content (AvgIpc) is 2.93. The van der Waals surface area contributed by atoms with E-state index in [1.54, 1.807) is 10.6 Å². The van der Waals surface area contributed by atoms with Crippen molar-refractivity contribution in [1.82, 2.24) is 14.3 Å². The van der Waals surface area contributed by atoms with Gasteiger partial charge in [0.1, 0.15) is 5.65 Å². The summed E-state index contributed by atoms with van der Waals surface area (Å²) in [7, 11) is 0. The number of fused-ring (bicyclic) bond motifs is 1. The SMILES string of the molecule is CCc1ccc(C(=O)N(CCCN)C(CC)c2nc3ccccn3c(=O)c2Cc2ccccc2)cc1. The highest BCUT2D eigenvalue weighted by Gasteiger charge is 2.29. The van der Waals surface area contributed by atoms with Gasteiger partial charge in [-0.25, -0.2) is 4.98 Å². The quantitative estimate of drug-likeness (QED) is 0.352. The zero-order valence-electron chi connectivity index (χ0n) is 21.1. The molecule has 0 spiro atoms. The van der Waals surface area contributed by atoms with E-state index in [1.165, 1.54) is 5.56 Å². The van der Waals surface area contributed by atoms with Gasteiger partial charge in [-0.2, -0.15) is 0 Å². The van der Waals surface area contributed by atoms with Crippen LogP contribution in [0.5, 0.6) is 0 Å². The minimum atomic E-state index is -0.355. The first kappa shape index (κ1) is 25.3. The molecule has 0 saturated carbocycles. The van der Waals surface area contributed by atoms with Crippen LogP contribution in [0.1, 0.15) is 65.5 Å². The molecular weight excluding hydrogens is 448 g/mol. The Balaban J connectivity index is 1.85. The summed E-state index contributed by atoms with van der Waals surface area (Å²) in [5, 5.41) is 0. The fraction of sp³-hybridized carbons (Fsp3) is 0.300. The molecule has 2 aromatic heterocycles. The molecular formula is C30H34N4O2. The molecule has 0 bridgehead atoms. The number of aromatic nitrogens is 2. The highest BCUT2D eigenvalue weighted by atomic mass is 16.2. The van der Waals surface area contributed by atoms with E-state index < -0.39 is 0 Å². The van der Waals surface area contributed by atoms with E-state index in [0.717, 1.165) is 12.0 Å². The molecule has 4 rings (SSSR count). The van der Waals surface area contributed by atoms with Crippen LogP contribution in [0, 0.1) is 0 Å². The molecule has 2 heterocycles. The van der Waals surface area contributed by atoms with Crippen molar-refractivity contribution in [3.05, 3.63) is 117 Å². The number of carbonyl (C=O) groups is 1. The Morgan fingerprint density at radius 2 is 1.69 bits per heavy atom. The molecule has 0 aliphatic carbocycles. The zero-order valence-corrected chi connectivity index (χ0v) is 21.1. The Bertz CT molecular complexity index is 1360. The van der Waals surface area contributed by atoms with Gasteiger partial charge in [-0.3, -0.25) is 14.0 Å². The Labute approximate surface area is 212 Å². The third-order valence-electron chi connectivity index (χ3n) is 6.63. The summed E-state index contributed by atoms with van der Waals surface area (Å²) in [5.41, 5.74) is 10.4. The van der Waals surface area contributed by atoms with Gasteiger partial charge in [0.2, 0.25) is 0 Å². The molecule has 6 heteroatoms. The number of carbonyl (C=O) groups excluding carboxylic acids is 1. The Kier molecular flexibility index (Phi) is 8.28. The maximum absolute atomic E-state index is 13.8. The van der Waals surface area contributed by atoms with Crippen LogP contribution >= 0.6 is 0 Å². The van der Waals surface area contributed by atoms with Crippen molar-refractivity contribution < 1.29 is 4.79 Å². The van der Waals surface area contributed by atoms with Gasteiger partial charge in [-0.15, -0.1) is 0 Å². The molecule has 2 N–H and O–H groups in total. The lowest BCUT2D eigenvalue weighted by atomic mass is 9.97. The largest absolute Gasteiger partial charge is 0.330 e. The highest BCUT2D eigenvalue weighted by molar-refractivity contribution is 5.94. The number of aryl methyl sites for hydroxylation is 1. The molecule has 4 aromatic rings. The van der Waals surface area contributed by atoms with Gasteiger partial charge in [0.15, 0.2) is 0 Å². The van der Waals surface area contributed by atoms with Gasteiger partial charge in [-0.05, 0) is 61.2 Å². The van der Waals surface area contributed by atoms with E-state index in [4.69, 9.17) is 10.7 Å². The van der Waals surface area contributed by atoms with E-state index in [1.807, 2.05) is 84.6 Å². The molecule has 6 nitrogen and oxygen atoms in total. The second kappa shape index (κ2) is 11.8. The second-order valence-corrected chi connectivity index (χ2v) is 8.99. The van der Waals surface area contributed by atoms with Crippen LogP contribution in [0.4, 0.5) is 0 Å². The summed E-state index contributed by atoms with van der Waals surface area (Å²) < 4.78 is 1.59. The Morgan fingerprint density at radius 3 is 2.36 bits per heavy atom. The van der Waals surface area contributed by atoms with E-state index in [0.29, 0.717) is 54.8 Å². The Hall–Kier alpha value is -3.77. The molecule has 2 aromatic carbocycles. The molecule has 1 amide bonds. The predicted molar refractivity (Wildman–Crippen MR) is 144 cm³/mol. The molecule has 0 aliphatic heterocycles. The van der Waals surface area contributed by atoms with Crippen molar-refractivity contribution >= 4 is 11.6 Å². The van der Waals surface area contributed by atoms with Gasteiger partial charge < -0.3 is 10.6 Å². The summed E-state index contributed by atoms with van der Waals surface area (Å²) in [4.78, 5) is 34.4. The van der Waals surface area contributed by atoms with Gasteiger partial charge in [0, 0.05) is 30.3 Å². The van der Waals surface area contributed by atoms with Crippen molar-refractivity contribution in [1.29, 1.82) is 0 Å². The summed E-state index contributed by atoms with van der Waals surface area (Å²) in [6.07, 6.45) is 4.39. The Morgan fingerprint density at radius 1 is 0.972 bits per heavy atom. The molecule has 0 saturated heterocycles. The number of rotatable bonds is 10. The van der Waals surface area contributed by atoms with Gasteiger partial charge >= 0.3 is 0 Å². The van der Waals surface area contributed by atoms with Crippen LogP contribution in [-0.4, -0.2) is 33.3 Å². The summed E-state index contributed by atoms with van der Waals surface area (Å²) in [6, 6.07) is 22.9. The van der Waals surface area contributed by atoms with Crippen molar-refractivity contribution in [3.63, 3.8) is 0 Å². The van der Waals surface area contributed by atoms with Crippen molar-refractivity contribution in [2.45, 2.75) is 45.6 Å². The normalized spacial score (nSPS) is 12.0. The molecule has 0 radical (unpaired) electrons. The number of benzene rings is 2. The number of amides is 1. The third-order valence-corrected chi connectivity index (χ3v) is 6.63. The third kappa shape index (κ3) is 5.39. The minimum Gasteiger partial charge on any atom is -0.330 e. The molecule has 186 valence electrons. The maximum Gasteiger partial charge on any atom is 0.261 e. The standard InChI is InChI=1S/C30H34N4O2/c1-3-22-14-16-24(17-15-22)29(35)33(20-10-18-31)26(4-2)28-25(21-23-11-6-5-7-12-23)30(36)34-19-9-8-13-27(34)32-28/h5-9,11-17,19,26H,3-4,10,18,20-21,31H2,1-2H3. The monoisotopic (exact) mass is 482 g/mol. The second-order valence-electron chi connectivity index (χ2n) is 8.99. The maximum atomic E-state index is 13.8. The molecule has 36 heavy (non-hydrogen) atoms. The molecule has 0 aliphatic rings. The lowest BCUT2D eigenvalue weighted by Crippen LogP contribution is -2.38. The number of nitrogens with zero attached hydrogens (tertiary/aromatic N) is 3. The van der Waals surface area contributed by atoms with Crippen LogP contribution in [0.25, 0.3) is 5.65 Å². The number of pyridine rings is 1. The van der Waals surface area contributed by atoms with Crippen LogP contribution < -0.4 is 11.3 Å². The number of hydrogen-bond donors (Lipinski definition) is 1. The van der Waals surface area contributed by atoms with E-state index >= 15 is 0 Å². The summed E-state index contributed by atoms with van der Waals surface area (Å²) >= 11 is 0. The summed E-state index contributed by atoms with van der Waals surface area (Å²) in [5.74, 6) is -0.0707. The van der Waals surface area contributed by atoms with Crippen LogP contribution in [0.15, 0.2) is 83.8 Å². The first-order valence-corrected chi connectivity index (χ1v) is 12.7. The average molecular weight is 483 g/mol. The fourth-order valence-corrected chi connectivity index (χ4v) is 4.66. The van der Waals surface area contributed by atoms with Crippen LogP contribution in [0.2, 0.25) is 0 Å². The minimum absolute atomic E-state index is 0.0707. The molecule has 1 unspecified atom stereocenters. The fourth-order valence-electron chi connectivity index (χ4n) is 4.66. The first-order chi connectivity index (χ1) is 17.6.